The number of hydrogen-bond donors (Lipinski definition) is 2. The van der Waals surface area contributed by atoms with Gasteiger partial charge in [0, 0.05) is 13.7 Å². The van der Waals surface area contributed by atoms with Gasteiger partial charge in [-0.2, -0.15) is 5.26 Å². The quantitative estimate of drug-likeness (QED) is 0.761. The molecule has 0 fully saturated rings. The third-order valence-electron chi connectivity index (χ3n) is 2.56. The van der Waals surface area contributed by atoms with Gasteiger partial charge >= 0.3 is 0 Å². The van der Waals surface area contributed by atoms with Crippen molar-refractivity contribution in [1.82, 2.24) is 0 Å². The Balaban J connectivity index is 2.59. The minimum Gasteiger partial charge on any atom is -0.385 e. The third kappa shape index (κ3) is 4.66. The number of anilines is 1. The number of nitriles is 1. The van der Waals surface area contributed by atoms with Crippen LogP contribution in [0.25, 0.3) is 0 Å². The lowest BCUT2D eigenvalue weighted by Gasteiger charge is -2.12. The van der Waals surface area contributed by atoms with Gasteiger partial charge in [-0.1, -0.05) is 0 Å². The van der Waals surface area contributed by atoms with Crippen LogP contribution in [0.15, 0.2) is 18.2 Å². The molecule has 1 amide bonds. The summed E-state index contributed by atoms with van der Waals surface area (Å²) in [5.41, 5.74) is 5.88. The molecule has 1 rings (SSSR count). The second-order valence-corrected chi connectivity index (χ2v) is 4.04. The third-order valence-corrected chi connectivity index (χ3v) is 2.56. The maximum absolute atomic E-state index is 13.5. The first kappa shape index (κ1) is 15.1. The second kappa shape index (κ2) is 7.46. The summed E-state index contributed by atoms with van der Waals surface area (Å²) in [7, 11) is 1.57. The zero-order chi connectivity index (χ0) is 14.3. The number of carbonyl (C=O) groups is 1. The van der Waals surface area contributed by atoms with Crippen molar-refractivity contribution in [3.8, 4) is 6.07 Å². The maximum atomic E-state index is 13.5. The summed E-state index contributed by atoms with van der Waals surface area (Å²) < 4.78 is 18.4. The summed E-state index contributed by atoms with van der Waals surface area (Å²) >= 11 is 0. The van der Waals surface area contributed by atoms with E-state index in [1.807, 2.05) is 6.07 Å². The maximum Gasteiger partial charge on any atom is 0.241 e. The van der Waals surface area contributed by atoms with Gasteiger partial charge in [0.05, 0.1) is 23.4 Å². The molecule has 3 N–H and O–H groups in total. The number of halogens is 1. The van der Waals surface area contributed by atoms with Crippen LogP contribution in [0.1, 0.15) is 18.4 Å². The molecule has 0 heterocycles. The van der Waals surface area contributed by atoms with Crippen molar-refractivity contribution in [2.24, 2.45) is 5.73 Å². The first-order chi connectivity index (χ1) is 9.08. The number of methoxy groups -OCH3 is 1. The van der Waals surface area contributed by atoms with Gasteiger partial charge < -0.3 is 15.8 Å². The van der Waals surface area contributed by atoms with Crippen molar-refractivity contribution < 1.29 is 13.9 Å². The average molecular weight is 265 g/mol. The van der Waals surface area contributed by atoms with Crippen LogP contribution in [0, 0.1) is 17.1 Å². The van der Waals surface area contributed by atoms with Crippen LogP contribution in [0.2, 0.25) is 0 Å². The van der Waals surface area contributed by atoms with Crippen molar-refractivity contribution >= 4 is 11.6 Å². The zero-order valence-electron chi connectivity index (χ0n) is 10.6. The molecule has 0 radical (unpaired) electrons. The van der Waals surface area contributed by atoms with Gasteiger partial charge in [-0.25, -0.2) is 4.39 Å². The number of amides is 1. The first-order valence-electron chi connectivity index (χ1n) is 5.83. The highest BCUT2D eigenvalue weighted by atomic mass is 19.1. The van der Waals surface area contributed by atoms with E-state index in [9.17, 15) is 9.18 Å². The Morgan fingerprint density at radius 2 is 2.37 bits per heavy atom. The molecule has 0 saturated carbocycles. The van der Waals surface area contributed by atoms with E-state index < -0.39 is 17.8 Å². The van der Waals surface area contributed by atoms with Gasteiger partial charge in [0.1, 0.15) is 5.82 Å². The fourth-order valence-electron chi connectivity index (χ4n) is 1.49. The van der Waals surface area contributed by atoms with Crippen molar-refractivity contribution in [2.75, 3.05) is 19.0 Å². The molecular weight excluding hydrogens is 249 g/mol. The molecule has 0 bridgehead atoms. The molecule has 1 atom stereocenters. The van der Waals surface area contributed by atoms with Crippen molar-refractivity contribution in [3.63, 3.8) is 0 Å². The van der Waals surface area contributed by atoms with Crippen molar-refractivity contribution in [1.29, 1.82) is 5.26 Å². The summed E-state index contributed by atoms with van der Waals surface area (Å²) in [6.07, 6.45) is 1.11. The number of carbonyl (C=O) groups excluding carboxylic acids is 1. The van der Waals surface area contributed by atoms with Gasteiger partial charge in [-0.3, -0.25) is 4.79 Å². The molecule has 1 aromatic rings. The summed E-state index contributed by atoms with van der Waals surface area (Å²) in [4.78, 5) is 11.7. The van der Waals surface area contributed by atoms with Gasteiger partial charge in [-0.05, 0) is 31.0 Å². The number of benzene rings is 1. The number of ether oxygens (including phenoxy) is 1. The lowest BCUT2D eigenvalue weighted by Crippen LogP contribution is -2.36. The molecule has 19 heavy (non-hydrogen) atoms. The minimum absolute atomic E-state index is 0.0196. The SMILES string of the molecule is COCCCC(N)C(=O)Nc1ccc(C#N)cc1F. The number of nitrogens with one attached hydrogen (secondary N) is 1. The van der Waals surface area contributed by atoms with Crippen molar-refractivity contribution in [3.05, 3.63) is 29.6 Å². The highest BCUT2D eigenvalue weighted by Crippen LogP contribution is 2.15. The molecule has 0 aliphatic heterocycles. The van der Waals surface area contributed by atoms with Crippen LogP contribution < -0.4 is 11.1 Å². The molecule has 5 nitrogen and oxygen atoms in total. The summed E-state index contributed by atoms with van der Waals surface area (Å²) in [5.74, 6) is -1.11. The van der Waals surface area contributed by atoms with E-state index in [0.29, 0.717) is 19.4 Å². The van der Waals surface area contributed by atoms with Crippen molar-refractivity contribution in [2.45, 2.75) is 18.9 Å². The highest BCUT2D eigenvalue weighted by molar-refractivity contribution is 5.94. The van der Waals surface area contributed by atoms with Gasteiger partial charge in [0.15, 0.2) is 0 Å². The smallest absolute Gasteiger partial charge is 0.241 e. The second-order valence-electron chi connectivity index (χ2n) is 4.04. The Labute approximate surface area is 111 Å². The fraction of sp³-hybridized carbons (Fsp3) is 0.385. The summed E-state index contributed by atoms with van der Waals surface area (Å²) in [5, 5.41) is 11.0. The van der Waals surface area contributed by atoms with E-state index in [2.05, 4.69) is 5.32 Å². The first-order valence-corrected chi connectivity index (χ1v) is 5.83. The van der Waals surface area contributed by atoms with E-state index in [-0.39, 0.29) is 11.3 Å². The van der Waals surface area contributed by atoms with Gasteiger partial charge in [0.2, 0.25) is 5.91 Å². The van der Waals surface area contributed by atoms with Crippen LogP contribution in [0.3, 0.4) is 0 Å². The standard InChI is InChI=1S/C13H16FN3O2/c1-19-6-2-3-11(16)13(18)17-12-5-4-9(8-15)7-10(12)14/h4-5,7,11H,2-3,6,16H2,1H3,(H,17,18). The Hall–Kier alpha value is -1.97. The molecule has 0 saturated heterocycles. The van der Waals surface area contributed by atoms with Crippen LogP contribution in [0.5, 0.6) is 0 Å². The van der Waals surface area contributed by atoms with E-state index in [1.165, 1.54) is 12.1 Å². The van der Waals surface area contributed by atoms with Gasteiger partial charge in [-0.15, -0.1) is 0 Å². The van der Waals surface area contributed by atoms with Crippen LogP contribution >= 0.6 is 0 Å². The van der Waals surface area contributed by atoms with Crippen LogP contribution in [0.4, 0.5) is 10.1 Å². The predicted octanol–water partition coefficient (Wildman–Crippen LogP) is 1.39. The monoisotopic (exact) mass is 265 g/mol. The molecule has 102 valence electrons. The number of rotatable bonds is 6. The van der Waals surface area contributed by atoms with E-state index >= 15 is 0 Å². The lowest BCUT2D eigenvalue weighted by molar-refractivity contribution is -0.117. The number of hydrogen-bond acceptors (Lipinski definition) is 4. The lowest BCUT2D eigenvalue weighted by atomic mass is 10.1. The Morgan fingerprint density at radius 1 is 1.63 bits per heavy atom. The predicted molar refractivity (Wildman–Crippen MR) is 68.8 cm³/mol. The molecule has 0 aromatic heterocycles. The normalized spacial score (nSPS) is 11.7. The Kier molecular flexibility index (Phi) is 5.93. The van der Waals surface area contributed by atoms with E-state index in [1.54, 1.807) is 7.11 Å². The molecule has 0 aliphatic carbocycles. The highest BCUT2D eigenvalue weighted by Gasteiger charge is 2.15. The van der Waals surface area contributed by atoms with Gasteiger partial charge in [0.25, 0.3) is 0 Å². The molecule has 6 heteroatoms. The molecule has 0 spiro atoms. The molecular formula is C13H16FN3O2. The minimum atomic E-state index is -0.717. The Morgan fingerprint density at radius 3 is 2.95 bits per heavy atom. The topological polar surface area (TPSA) is 88.1 Å². The van der Waals surface area contributed by atoms with E-state index in [4.69, 9.17) is 15.7 Å². The molecule has 1 aromatic carbocycles. The fourth-order valence-corrected chi connectivity index (χ4v) is 1.49. The number of nitrogens with two attached hydrogens (primary N) is 1. The molecule has 0 aliphatic rings. The summed E-state index contributed by atoms with van der Waals surface area (Å²) in [6.45, 7) is 0.520. The molecule has 1 unspecified atom stereocenters. The average Bonchev–Trinajstić information content (AvgIpc) is 2.41. The van der Waals surface area contributed by atoms with E-state index in [0.717, 1.165) is 6.07 Å². The number of nitrogens with zero attached hydrogens (tertiary/aromatic N) is 1. The summed E-state index contributed by atoms with van der Waals surface area (Å²) in [6, 6.07) is 4.92. The van der Waals surface area contributed by atoms with Crippen LogP contribution in [-0.4, -0.2) is 25.7 Å². The Bertz CT molecular complexity index is 485. The largest absolute Gasteiger partial charge is 0.385 e. The zero-order valence-corrected chi connectivity index (χ0v) is 10.6. The van der Waals surface area contributed by atoms with Crippen LogP contribution in [-0.2, 0) is 9.53 Å².